The number of aromatic amines is 1. The lowest BCUT2D eigenvalue weighted by atomic mass is 10.3. The number of amides is 1. The van der Waals surface area contributed by atoms with Crippen LogP contribution in [-0.2, 0) is 6.54 Å². The summed E-state index contributed by atoms with van der Waals surface area (Å²) in [5.41, 5.74) is -0.859. The second kappa shape index (κ2) is 6.41. The van der Waals surface area contributed by atoms with Gasteiger partial charge in [-0.3, -0.25) is 19.1 Å². The maximum atomic E-state index is 12.4. The first kappa shape index (κ1) is 14.9. The number of hydrogen-bond acceptors (Lipinski definition) is 5. The molecular weight excluding hydrogens is 316 g/mol. The fourth-order valence-corrected chi connectivity index (χ4v) is 2.70. The van der Waals surface area contributed by atoms with Gasteiger partial charge < -0.3 is 10.3 Å². The molecule has 3 rings (SSSR count). The van der Waals surface area contributed by atoms with Crippen LogP contribution in [0.1, 0.15) is 15.2 Å². The normalized spacial score (nSPS) is 10.4. The van der Waals surface area contributed by atoms with Crippen molar-refractivity contribution < 1.29 is 4.79 Å². The quantitative estimate of drug-likeness (QED) is 0.754. The molecule has 0 radical (unpaired) electrons. The number of nitrogens with one attached hydrogen (secondary N) is 2. The zero-order valence-electron chi connectivity index (χ0n) is 11.9. The Balaban J connectivity index is 1.93. The van der Waals surface area contributed by atoms with E-state index in [1.54, 1.807) is 18.3 Å². The highest BCUT2D eigenvalue weighted by Gasteiger charge is 2.15. The van der Waals surface area contributed by atoms with Crippen molar-refractivity contribution in [3.63, 3.8) is 0 Å². The van der Waals surface area contributed by atoms with Gasteiger partial charge in [-0.25, -0.2) is 4.79 Å². The molecule has 116 valence electrons. The van der Waals surface area contributed by atoms with Gasteiger partial charge in [0.05, 0.1) is 18.4 Å². The molecule has 0 unspecified atom stereocenters. The third-order valence-corrected chi connectivity index (χ3v) is 3.98. The van der Waals surface area contributed by atoms with Crippen LogP contribution in [0.3, 0.4) is 0 Å². The molecule has 0 fully saturated rings. The maximum absolute atomic E-state index is 12.4. The van der Waals surface area contributed by atoms with Gasteiger partial charge in [0.15, 0.2) is 0 Å². The summed E-state index contributed by atoms with van der Waals surface area (Å²) in [6, 6.07) is 6.97. The molecule has 0 aliphatic rings. The van der Waals surface area contributed by atoms with Crippen molar-refractivity contribution in [3.8, 4) is 0 Å². The molecule has 8 heteroatoms. The second-order valence-electron chi connectivity index (χ2n) is 4.67. The molecule has 2 N–H and O–H groups in total. The molecule has 3 aromatic heterocycles. The molecule has 0 atom stereocenters. The van der Waals surface area contributed by atoms with Crippen LogP contribution in [0.2, 0.25) is 0 Å². The third-order valence-electron chi connectivity index (χ3n) is 3.12. The number of carbonyl (C=O) groups excluding carboxylic acids is 1. The largest absolute Gasteiger partial charge is 0.328 e. The first-order chi connectivity index (χ1) is 11.1. The minimum atomic E-state index is -0.636. The van der Waals surface area contributed by atoms with Gasteiger partial charge in [-0.05, 0) is 23.6 Å². The van der Waals surface area contributed by atoms with Gasteiger partial charge in [-0.2, -0.15) is 0 Å². The number of nitrogens with zero attached hydrogens (tertiary/aromatic N) is 2. The Morgan fingerprint density at radius 1 is 1.30 bits per heavy atom. The van der Waals surface area contributed by atoms with Crippen LogP contribution in [0.25, 0.3) is 0 Å². The van der Waals surface area contributed by atoms with Crippen molar-refractivity contribution in [2.75, 3.05) is 5.32 Å². The standard InChI is InChI=1S/C15H12N4O3S/c20-13(18-10-3-1-5-16-7-10)12-8-17-15(22)19(14(12)21)9-11-4-2-6-23-11/h1-8H,9H2,(H,17,22)(H,18,20). The Hall–Kier alpha value is -3.00. The van der Waals surface area contributed by atoms with E-state index in [0.29, 0.717) is 5.69 Å². The summed E-state index contributed by atoms with van der Waals surface area (Å²) in [5.74, 6) is -0.598. The molecule has 0 spiro atoms. The molecule has 0 aliphatic carbocycles. The summed E-state index contributed by atoms with van der Waals surface area (Å²) < 4.78 is 1.00. The highest BCUT2D eigenvalue weighted by Crippen LogP contribution is 2.09. The first-order valence-corrected chi connectivity index (χ1v) is 7.59. The number of aromatic nitrogens is 3. The number of H-pyrrole nitrogens is 1. The molecule has 7 nitrogen and oxygen atoms in total. The van der Waals surface area contributed by atoms with Gasteiger partial charge >= 0.3 is 5.69 Å². The monoisotopic (exact) mass is 328 g/mol. The molecule has 0 saturated heterocycles. The fraction of sp³-hybridized carbons (Fsp3) is 0.0667. The van der Waals surface area contributed by atoms with Crippen LogP contribution in [-0.4, -0.2) is 20.4 Å². The number of carbonyl (C=O) groups is 1. The van der Waals surface area contributed by atoms with Gasteiger partial charge in [0.1, 0.15) is 5.56 Å². The summed E-state index contributed by atoms with van der Waals surface area (Å²) in [5, 5.41) is 4.43. The van der Waals surface area contributed by atoms with E-state index in [1.807, 2.05) is 17.5 Å². The average Bonchev–Trinajstić information content (AvgIpc) is 3.05. The van der Waals surface area contributed by atoms with E-state index in [4.69, 9.17) is 0 Å². The molecule has 3 aromatic rings. The van der Waals surface area contributed by atoms with E-state index in [1.165, 1.54) is 17.5 Å². The van der Waals surface area contributed by atoms with Crippen LogP contribution in [0, 0.1) is 0 Å². The SMILES string of the molecule is O=C(Nc1cccnc1)c1c[nH]c(=O)n(Cc2cccs2)c1=O. The summed E-state index contributed by atoms with van der Waals surface area (Å²) in [7, 11) is 0. The molecule has 0 bridgehead atoms. The predicted molar refractivity (Wildman–Crippen MR) is 86.9 cm³/mol. The number of pyridine rings is 1. The van der Waals surface area contributed by atoms with Crippen LogP contribution in [0.4, 0.5) is 5.69 Å². The Labute approximate surface area is 134 Å². The molecule has 23 heavy (non-hydrogen) atoms. The van der Waals surface area contributed by atoms with Crippen LogP contribution in [0.15, 0.2) is 57.8 Å². The highest BCUT2D eigenvalue weighted by atomic mass is 32.1. The van der Waals surface area contributed by atoms with E-state index < -0.39 is 17.2 Å². The van der Waals surface area contributed by atoms with E-state index in [0.717, 1.165) is 15.6 Å². The lowest BCUT2D eigenvalue weighted by Gasteiger charge is -2.07. The van der Waals surface area contributed by atoms with Crippen molar-refractivity contribution in [1.82, 2.24) is 14.5 Å². The summed E-state index contributed by atoms with van der Waals surface area (Å²) in [6.45, 7) is 0.125. The predicted octanol–water partition coefficient (Wildman–Crippen LogP) is 1.29. The van der Waals surface area contributed by atoms with Gasteiger partial charge in [-0.1, -0.05) is 6.07 Å². The summed E-state index contributed by atoms with van der Waals surface area (Å²) in [4.78, 5) is 43.7. The fourth-order valence-electron chi connectivity index (χ4n) is 2.01. The zero-order valence-corrected chi connectivity index (χ0v) is 12.7. The maximum Gasteiger partial charge on any atom is 0.328 e. The molecule has 0 saturated carbocycles. The zero-order chi connectivity index (χ0) is 16.2. The van der Waals surface area contributed by atoms with Crippen molar-refractivity contribution >= 4 is 22.9 Å². The molecule has 0 aromatic carbocycles. The van der Waals surface area contributed by atoms with Gasteiger partial charge in [-0.15, -0.1) is 11.3 Å². The molecule has 1 amide bonds. The number of hydrogen-bond donors (Lipinski definition) is 2. The topological polar surface area (TPSA) is 96.8 Å². The summed E-state index contributed by atoms with van der Waals surface area (Å²) >= 11 is 1.43. The minimum absolute atomic E-state index is 0.125. The molecule has 0 aliphatic heterocycles. The van der Waals surface area contributed by atoms with Crippen LogP contribution in [0.5, 0.6) is 0 Å². The molecule has 3 heterocycles. The van der Waals surface area contributed by atoms with Crippen LogP contribution >= 0.6 is 11.3 Å². The Kier molecular flexibility index (Phi) is 4.15. The van der Waals surface area contributed by atoms with Crippen molar-refractivity contribution in [1.29, 1.82) is 0 Å². The second-order valence-corrected chi connectivity index (χ2v) is 5.71. The van der Waals surface area contributed by atoms with E-state index >= 15 is 0 Å². The lowest BCUT2D eigenvalue weighted by molar-refractivity contribution is 0.102. The van der Waals surface area contributed by atoms with Crippen molar-refractivity contribution in [2.24, 2.45) is 0 Å². The van der Waals surface area contributed by atoms with E-state index in [2.05, 4.69) is 15.3 Å². The Morgan fingerprint density at radius 2 is 2.17 bits per heavy atom. The van der Waals surface area contributed by atoms with Crippen molar-refractivity contribution in [3.05, 3.63) is 79.5 Å². The Morgan fingerprint density at radius 3 is 2.87 bits per heavy atom. The Bertz CT molecular complexity index is 929. The van der Waals surface area contributed by atoms with Gasteiger partial charge in [0.2, 0.25) is 0 Å². The van der Waals surface area contributed by atoms with Gasteiger partial charge in [0, 0.05) is 17.3 Å². The number of anilines is 1. The van der Waals surface area contributed by atoms with Crippen LogP contribution < -0.4 is 16.6 Å². The van der Waals surface area contributed by atoms with Crippen molar-refractivity contribution in [2.45, 2.75) is 6.54 Å². The molecular formula is C15H12N4O3S. The third kappa shape index (κ3) is 3.27. The minimum Gasteiger partial charge on any atom is -0.320 e. The number of thiophene rings is 1. The summed E-state index contributed by atoms with van der Waals surface area (Å²) in [6.07, 6.45) is 4.17. The smallest absolute Gasteiger partial charge is 0.320 e. The van der Waals surface area contributed by atoms with E-state index in [9.17, 15) is 14.4 Å². The van der Waals surface area contributed by atoms with Gasteiger partial charge in [0.25, 0.3) is 11.5 Å². The first-order valence-electron chi connectivity index (χ1n) is 6.71. The lowest BCUT2D eigenvalue weighted by Crippen LogP contribution is -2.39. The number of rotatable bonds is 4. The average molecular weight is 328 g/mol. The highest BCUT2D eigenvalue weighted by molar-refractivity contribution is 7.09. The van der Waals surface area contributed by atoms with E-state index in [-0.39, 0.29) is 12.1 Å².